The zero-order valence-corrected chi connectivity index (χ0v) is 13.7. The van der Waals surface area contributed by atoms with Crippen molar-refractivity contribution in [3.05, 3.63) is 0 Å². The topological polar surface area (TPSA) is 12.0 Å². The Hall–Kier alpha value is -0.0400. The Balaban J connectivity index is 1.31. The summed E-state index contributed by atoms with van der Waals surface area (Å²) in [5.74, 6) is 5.65. The first-order chi connectivity index (χ1) is 9.86. The lowest BCUT2D eigenvalue weighted by Crippen LogP contribution is -2.30. The quantitative estimate of drug-likeness (QED) is 0.554. The average molecular weight is 277 g/mol. The Morgan fingerprint density at radius 1 is 0.900 bits per heavy atom. The minimum absolute atomic E-state index is 0.851. The maximum Gasteiger partial charge on any atom is 0.00980 e. The fraction of sp³-hybridized carbons (Fsp3) is 1.00. The molecule has 0 aromatic heterocycles. The number of unbranched alkanes of at least 4 members (excludes halogenated alkanes) is 6. The van der Waals surface area contributed by atoms with E-state index in [1.807, 2.05) is 0 Å². The molecule has 3 rings (SSSR count). The van der Waals surface area contributed by atoms with E-state index in [9.17, 15) is 0 Å². The lowest BCUT2D eigenvalue weighted by molar-refractivity contribution is 0.354. The molecule has 3 fully saturated rings. The second-order valence-corrected chi connectivity index (χ2v) is 7.87. The van der Waals surface area contributed by atoms with Crippen molar-refractivity contribution >= 4 is 0 Å². The summed E-state index contributed by atoms with van der Waals surface area (Å²) in [6.45, 7) is 2.30. The normalized spacial score (nSPS) is 39.0. The highest BCUT2D eigenvalue weighted by Gasteiger charge is 2.66. The molecular weight excluding hydrogens is 242 g/mol. The maximum absolute atomic E-state index is 3.67. The number of hydrogen-bond donors (Lipinski definition) is 1. The van der Waals surface area contributed by atoms with Crippen molar-refractivity contribution in [1.29, 1.82) is 0 Å². The average Bonchev–Trinajstić information content (AvgIpc) is 2.89. The van der Waals surface area contributed by atoms with E-state index in [1.54, 1.807) is 19.3 Å². The van der Waals surface area contributed by atoms with Crippen LogP contribution in [0.2, 0.25) is 0 Å². The first-order valence-electron chi connectivity index (χ1n) is 9.54. The predicted molar refractivity (Wildman–Crippen MR) is 86.8 cm³/mol. The van der Waals surface area contributed by atoms with Gasteiger partial charge in [-0.1, -0.05) is 51.9 Å². The number of nitrogens with one attached hydrogen (secondary N) is 1. The molecule has 0 aromatic carbocycles. The van der Waals surface area contributed by atoms with Gasteiger partial charge < -0.3 is 5.32 Å². The third-order valence-corrected chi connectivity index (χ3v) is 6.75. The summed E-state index contributed by atoms with van der Waals surface area (Å²) in [5, 5.41) is 3.67. The van der Waals surface area contributed by atoms with Gasteiger partial charge in [0.05, 0.1) is 0 Å². The van der Waals surface area contributed by atoms with Crippen molar-refractivity contribution in [3.8, 4) is 0 Å². The van der Waals surface area contributed by atoms with Crippen LogP contribution in [0.4, 0.5) is 0 Å². The molecule has 3 saturated carbocycles. The molecule has 0 saturated heterocycles. The van der Waals surface area contributed by atoms with E-state index in [0.29, 0.717) is 0 Å². The van der Waals surface area contributed by atoms with Gasteiger partial charge in [-0.05, 0) is 62.3 Å². The monoisotopic (exact) mass is 277 g/mol. The summed E-state index contributed by atoms with van der Waals surface area (Å²) in [6, 6.07) is 0.851. The van der Waals surface area contributed by atoms with E-state index in [2.05, 4.69) is 19.3 Å². The second kappa shape index (κ2) is 6.81. The minimum atomic E-state index is 0.851. The summed E-state index contributed by atoms with van der Waals surface area (Å²) < 4.78 is 0. The summed E-state index contributed by atoms with van der Waals surface area (Å²) in [7, 11) is 2.21. The molecule has 0 amide bonds. The highest BCUT2D eigenvalue weighted by molar-refractivity contribution is 5.15. The molecule has 1 heteroatoms. The second-order valence-electron chi connectivity index (χ2n) is 7.87. The van der Waals surface area contributed by atoms with Gasteiger partial charge in [0.15, 0.2) is 0 Å². The molecule has 20 heavy (non-hydrogen) atoms. The number of hydrogen-bond acceptors (Lipinski definition) is 1. The molecule has 5 atom stereocenters. The molecular formula is C19H35N. The van der Waals surface area contributed by atoms with E-state index in [1.165, 1.54) is 51.4 Å². The summed E-state index contributed by atoms with van der Waals surface area (Å²) >= 11 is 0. The lowest BCUT2D eigenvalue weighted by atomic mass is 9.94. The summed E-state index contributed by atoms with van der Waals surface area (Å²) in [5.41, 5.74) is 0. The van der Waals surface area contributed by atoms with Gasteiger partial charge >= 0.3 is 0 Å². The van der Waals surface area contributed by atoms with Crippen molar-refractivity contribution in [2.75, 3.05) is 7.05 Å². The zero-order chi connectivity index (χ0) is 13.9. The molecule has 3 aliphatic rings. The van der Waals surface area contributed by atoms with Crippen LogP contribution in [0.3, 0.4) is 0 Å². The zero-order valence-electron chi connectivity index (χ0n) is 13.7. The van der Waals surface area contributed by atoms with Crippen LogP contribution in [0.5, 0.6) is 0 Å². The molecule has 116 valence electrons. The Bertz CT molecular complexity index is 284. The minimum Gasteiger partial charge on any atom is -0.317 e. The summed E-state index contributed by atoms with van der Waals surface area (Å²) in [6.07, 6.45) is 16.3. The largest absolute Gasteiger partial charge is 0.317 e. The first kappa shape index (κ1) is 14.9. The van der Waals surface area contributed by atoms with Crippen LogP contribution in [-0.2, 0) is 0 Å². The van der Waals surface area contributed by atoms with Gasteiger partial charge in [0, 0.05) is 6.04 Å². The van der Waals surface area contributed by atoms with Crippen LogP contribution < -0.4 is 5.32 Å². The van der Waals surface area contributed by atoms with Crippen LogP contribution in [0.25, 0.3) is 0 Å². The Kier molecular flexibility index (Phi) is 5.07. The van der Waals surface area contributed by atoms with Gasteiger partial charge in [0.2, 0.25) is 0 Å². The third kappa shape index (κ3) is 2.93. The smallest absolute Gasteiger partial charge is 0.00980 e. The Morgan fingerprint density at radius 3 is 2.10 bits per heavy atom. The molecule has 0 radical (unpaired) electrons. The third-order valence-electron chi connectivity index (χ3n) is 6.75. The fourth-order valence-electron chi connectivity index (χ4n) is 5.78. The van der Waals surface area contributed by atoms with E-state index in [-0.39, 0.29) is 0 Å². The van der Waals surface area contributed by atoms with Crippen molar-refractivity contribution < 1.29 is 0 Å². The predicted octanol–water partition coefficient (Wildman–Crippen LogP) is 5.01. The SMILES string of the molecule is CCCCCCCCCC(NC)C1C2C3CCC(C3)C21. The number of rotatable bonds is 10. The highest BCUT2D eigenvalue weighted by Crippen LogP contribution is 2.70. The summed E-state index contributed by atoms with van der Waals surface area (Å²) in [4.78, 5) is 0. The molecule has 0 spiro atoms. The molecule has 1 N–H and O–H groups in total. The van der Waals surface area contributed by atoms with E-state index >= 15 is 0 Å². The van der Waals surface area contributed by atoms with E-state index < -0.39 is 0 Å². The molecule has 5 unspecified atom stereocenters. The molecule has 0 heterocycles. The molecule has 3 aliphatic carbocycles. The van der Waals surface area contributed by atoms with Gasteiger partial charge in [-0.3, -0.25) is 0 Å². The van der Waals surface area contributed by atoms with Crippen molar-refractivity contribution in [2.45, 2.75) is 83.6 Å². The van der Waals surface area contributed by atoms with E-state index in [4.69, 9.17) is 0 Å². The Labute approximate surface area is 126 Å². The van der Waals surface area contributed by atoms with Gasteiger partial charge in [-0.2, -0.15) is 0 Å². The van der Waals surface area contributed by atoms with Crippen LogP contribution in [0.15, 0.2) is 0 Å². The highest BCUT2D eigenvalue weighted by atomic mass is 14.9. The van der Waals surface area contributed by atoms with Crippen LogP contribution in [0.1, 0.15) is 77.6 Å². The molecule has 0 aliphatic heterocycles. The lowest BCUT2D eigenvalue weighted by Gasteiger charge is -2.20. The van der Waals surface area contributed by atoms with Crippen LogP contribution in [0, 0.1) is 29.6 Å². The standard InChI is InChI=1S/C19H35N/c1-3-4-5-6-7-8-9-10-16(20-2)19-17-14-11-12-15(13-14)18(17)19/h14-20H,3-13H2,1-2H3. The van der Waals surface area contributed by atoms with Gasteiger partial charge in [-0.15, -0.1) is 0 Å². The molecule has 1 nitrogen and oxygen atoms in total. The van der Waals surface area contributed by atoms with Gasteiger partial charge in [0.25, 0.3) is 0 Å². The van der Waals surface area contributed by atoms with Gasteiger partial charge in [-0.25, -0.2) is 0 Å². The molecule has 0 aromatic rings. The maximum atomic E-state index is 3.67. The van der Waals surface area contributed by atoms with Crippen LogP contribution >= 0.6 is 0 Å². The first-order valence-corrected chi connectivity index (χ1v) is 9.54. The van der Waals surface area contributed by atoms with Crippen molar-refractivity contribution in [2.24, 2.45) is 29.6 Å². The molecule has 2 bridgehead atoms. The van der Waals surface area contributed by atoms with Gasteiger partial charge in [0.1, 0.15) is 0 Å². The number of fused-ring (bicyclic) bond motifs is 5. The van der Waals surface area contributed by atoms with E-state index in [0.717, 1.165) is 35.6 Å². The fourth-order valence-corrected chi connectivity index (χ4v) is 5.78. The van der Waals surface area contributed by atoms with Crippen LogP contribution in [-0.4, -0.2) is 13.1 Å². The van der Waals surface area contributed by atoms with Crippen molar-refractivity contribution in [1.82, 2.24) is 5.32 Å². The Morgan fingerprint density at radius 2 is 1.50 bits per heavy atom. The van der Waals surface area contributed by atoms with Crippen molar-refractivity contribution in [3.63, 3.8) is 0 Å².